The molecule has 2 aromatic carbocycles. The van der Waals surface area contributed by atoms with Crippen LogP contribution in [0.1, 0.15) is 43.0 Å². The molecule has 0 aliphatic carbocycles. The van der Waals surface area contributed by atoms with Gasteiger partial charge in [-0.25, -0.2) is 4.98 Å². The van der Waals surface area contributed by atoms with E-state index in [2.05, 4.69) is 33.8 Å². The molecule has 1 aromatic heterocycles. The van der Waals surface area contributed by atoms with E-state index in [9.17, 15) is 4.79 Å². The Labute approximate surface area is 230 Å². The Morgan fingerprint density at radius 1 is 1.03 bits per heavy atom. The van der Waals surface area contributed by atoms with Gasteiger partial charge in [-0.1, -0.05) is 12.1 Å². The van der Waals surface area contributed by atoms with Crippen molar-refractivity contribution in [1.29, 1.82) is 0 Å². The molecule has 0 saturated carbocycles. The summed E-state index contributed by atoms with van der Waals surface area (Å²) >= 11 is 0. The lowest BCUT2D eigenvalue weighted by molar-refractivity contribution is 0.0710. The molecule has 0 unspecified atom stereocenters. The molecule has 8 nitrogen and oxygen atoms in total. The first-order valence-corrected chi connectivity index (χ1v) is 14.3. The summed E-state index contributed by atoms with van der Waals surface area (Å²) in [6, 6.07) is 14.4. The van der Waals surface area contributed by atoms with Crippen LogP contribution < -0.4 is 14.4 Å². The van der Waals surface area contributed by atoms with Crippen molar-refractivity contribution in [2.75, 3.05) is 64.7 Å². The lowest BCUT2D eigenvalue weighted by atomic mass is 9.99. The van der Waals surface area contributed by atoms with Gasteiger partial charge in [0, 0.05) is 44.7 Å². The number of benzene rings is 2. The van der Waals surface area contributed by atoms with Crippen molar-refractivity contribution < 1.29 is 19.0 Å². The minimum absolute atomic E-state index is 0.107. The number of hydrogen-bond donors (Lipinski definition) is 0. The van der Waals surface area contributed by atoms with Crippen molar-refractivity contribution in [3.8, 4) is 22.6 Å². The summed E-state index contributed by atoms with van der Waals surface area (Å²) < 4.78 is 16.5. The average molecular weight is 531 g/mol. The molecule has 0 radical (unpaired) electrons. The van der Waals surface area contributed by atoms with Crippen LogP contribution in [0.3, 0.4) is 0 Å². The Morgan fingerprint density at radius 2 is 1.82 bits per heavy atom. The van der Waals surface area contributed by atoms with Gasteiger partial charge in [-0.2, -0.15) is 0 Å². The molecule has 3 aromatic rings. The third-order valence-electron chi connectivity index (χ3n) is 8.31. The number of amides is 1. The van der Waals surface area contributed by atoms with E-state index in [1.165, 1.54) is 12.8 Å². The summed E-state index contributed by atoms with van der Waals surface area (Å²) in [5, 5.41) is 0.883. The number of carbonyl (C=O) groups excluding carboxylic acids is 1. The zero-order chi connectivity index (χ0) is 26.8. The van der Waals surface area contributed by atoms with Crippen LogP contribution >= 0.6 is 0 Å². The van der Waals surface area contributed by atoms with Crippen molar-refractivity contribution in [2.24, 2.45) is 0 Å². The highest BCUT2D eigenvalue weighted by Crippen LogP contribution is 2.37. The lowest BCUT2D eigenvalue weighted by Crippen LogP contribution is -2.42. The van der Waals surface area contributed by atoms with Crippen molar-refractivity contribution in [3.63, 3.8) is 0 Å². The fourth-order valence-electron chi connectivity index (χ4n) is 6.15. The van der Waals surface area contributed by atoms with Crippen LogP contribution in [-0.2, 0) is 4.74 Å². The number of hydrogen-bond acceptors (Lipinski definition) is 7. The molecule has 8 heteroatoms. The number of rotatable bonds is 9. The molecule has 2 saturated heterocycles. The summed E-state index contributed by atoms with van der Waals surface area (Å²) in [7, 11) is 1.71. The fraction of sp³-hybridized carbons (Fsp3) is 0.484. The van der Waals surface area contributed by atoms with Crippen LogP contribution in [0.25, 0.3) is 22.0 Å². The van der Waals surface area contributed by atoms with Gasteiger partial charge in [0.05, 0.1) is 17.7 Å². The van der Waals surface area contributed by atoms with Crippen LogP contribution in [0.4, 0.5) is 5.82 Å². The highest BCUT2D eigenvalue weighted by molar-refractivity contribution is 6.08. The second-order valence-electron chi connectivity index (χ2n) is 10.7. The number of ether oxygens (including phenoxy) is 3. The maximum absolute atomic E-state index is 14.3. The molecule has 0 N–H and O–H groups in total. The van der Waals surface area contributed by atoms with Crippen LogP contribution in [-0.4, -0.2) is 86.5 Å². The molecule has 0 spiro atoms. The van der Waals surface area contributed by atoms with Gasteiger partial charge in [0.2, 0.25) is 6.79 Å². The van der Waals surface area contributed by atoms with Gasteiger partial charge in [-0.05, 0) is 87.2 Å². The van der Waals surface area contributed by atoms with E-state index >= 15 is 0 Å². The fourth-order valence-corrected chi connectivity index (χ4v) is 6.15. The zero-order valence-electron chi connectivity index (χ0n) is 23.0. The molecule has 6 rings (SSSR count). The summed E-state index contributed by atoms with van der Waals surface area (Å²) in [6.07, 6.45) is 4.64. The van der Waals surface area contributed by atoms with Crippen LogP contribution in [0, 0.1) is 0 Å². The molecular formula is C31H38N4O4. The topological polar surface area (TPSA) is 67.4 Å². The molecule has 3 aliphatic heterocycles. The van der Waals surface area contributed by atoms with E-state index < -0.39 is 0 Å². The Balaban J connectivity index is 1.40. The standard InChI is InChI=1S/C31H38N4O4/c1-3-34(15-16-37-2)30-19-26(31(36)35-14-6-7-24(35)20-33-12-4-5-13-33)25-17-22(8-10-27(25)32-30)23-9-11-28-29(18-23)39-21-38-28/h8-11,17-19,24H,3-7,12-16,20-21H2,1-2H3/t24-/m0/s1. The Bertz CT molecular complexity index is 1340. The van der Waals surface area contributed by atoms with E-state index in [-0.39, 0.29) is 18.7 Å². The number of nitrogens with zero attached hydrogens (tertiary/aromatic N) is 4. The lowest BCUT2D eigenvalue weighted by Gasteiger charge is -2.29. The largest absolute Gasteiger partial charge is 0.454 e. The van der Waals surface area contributed by atoms with E-state index in [1.807, 2.05) is 30.3 Å². The maximum Gasteiger partial charge on any atom is 0.254 e. The van der Waals surface area contributed by atoms with Crippen molar-refractivity contribution in [2.45, 2.75) is 38.6 Å². The van der Waals surface area contributed by atoms with Gasteiger partial charge in [0.15, 0.2) is 11.5 Å². The van der Waals surface area contributed by atoms with Crippen LogP contribution in [0.15, 0.2) is 42.5 Å². The first-order valence-electron chi connectivity index (χ1n) is 14.3. The third-order valence-corrected chi connectivity index (χ3v) is 8.31. The number of pyridine rings is 1. The highest BCUT2D eigenvalue weighted by atomic mass is 16.7. The first kappa shape index (κ1) is 25.9. The third kappa shape index (κ3) is 5.28. The van der Waals surface area contributed by atoms with Gasteiger partial charge >= 0.3 is 0 Å². The van der Waals surface area contributed by atoms with Crippen LogP contribution in [0.2, 0.25) is 0 Å². The number of likely N-dealkylation sites (tertiary alicyclic amines) is 2. The Kier molecular flexibility index (Phi) is 7.57. The molecular weight excluding hydrogens is 492 g/mol. The second-order valence-corrected chi connectivity index (χ2v) is 10.7. The van der Waals surface area contributed by atoms with E-state index in [1.54, 1.807) is 7.11 Å². The SMILES string of the molecule is CCN(CCOC)c1cc(C(=O)N2CCC[C@H]2CN2CCCC2)c2cc(-c3ccc4c(c3)OCO4)ccc2n1. The van der Waals surface area contributed by atoms with Gasteiger partial charge in [0.25, 0.3) is 5.91 Å². The Hall–Kier alpha value is -3.36. The van der Waals surface area contributed by atoms with Gasteiger partial charge in [-0.15, -0.1) is 0 Å². The number of carbonyl (C=O) groups is 1. The first-order chi connectivity index (χ1) is 19.1. The summed E-state index contributed by atoms with van der Waals surface area (Å²) in [5.74, 6) is 2.43. The molecule has 4 heterocycles. The van der Waals surface area contributed by atoms with Crippen molar-refractivity contribution >= 4 is 22.6 Å². The molecule has 1 amide bonds. The van der Waals surface area contributed by atoms with E-state index in [4.69, 9.17) is 19.2 Å². The molecule has 0 bridgehead atoms. The molecule has 1 atom stereocenters. The second kappa shape index (κ2) is 11.4. The summed E-state index contributed by atoms with van der Waals surface area (Å²) in [5.41, 5.74) is 3.59. The summed E-state index contributed by atoms with van der Waals surface area (Å²) in [6.45, 7) is 8.52. The van der Waals surface area contributed by atoms with Gasteiger partial charge < -0.3 is 28.9 Å². The predicted octanol–water partition coefficient (Wildman–Crippen LogP) is 4.80. The average Bonchev–Trinajstić information content (AvgIpc) is 3.75. The molecule has 206 valence electrons. The van der Waals surface area contributed by atoms with Gasteiger partial charge in [-0.3, -0.25) is 4.79 Å². The highest BCUT2D eigenvalue weighted by Gasteiger charge is 2.32. The van der Waals surface area contributed by atoms with Crippen molar-refractivity contribution in [1.82, 2.24) is 14.8 Å². The predicted molar refractivity (Wildman–Crippen MR) is 153 cm³/mol. The van der Waals surface area contributed by atoms with E-state index in [0.29, 0.717) is 6.61 Å². The number of aromatic nitrogens is 1. The minimum atomic E-state index is 0.107. The monoisotopic (exact) mass is 530 g/mol. The number of methoxy groups -OCH3 is 1. The maximum atomic E-state index is 14.3. The normalized spacial score (nSPS) is 18.8. The molecule has 39 heavy (non-hydrogen) atoms. The number of fused-ring (bicyclic) bond motifs is 2. The smallest absolute Gasteiger partial charge is 0.254 e. The minimum Gasteiger partial charge on any atom is -0.454 e. The number of anilines is 1. The number of likely N-dealkylation sites (N-methyl/N-ethyl adjacent to an activating group) is 1. The quantitative estimate of drug-likeness (QED) is 0.394. The molecule has 3 aliphatic rings. The zero-order valence-corrected chi connectivity index (χ0v) is 23.0. The van der Waals surface area contributed by atoms with Crippen molar-refractivity contribution in [3.05, 3.63) is 48.0 Å². The Morgan fingerprint density at radius 3 is 2.64 bits per heavy atom. The van der Waals surface area contributed by atoms with E-state index in [0.717, 1.165) is 97.0 Å². The summed E-state index contributed by atoms with van der Waals surface area (Å²) in [4.78, 5) is 26.2. The molecule has 2 fully saturated rings. The van der Waals surface area contributed by atoms with Gasteiger partial charge in [0.1, 0.15) is 5.82 Å². The van der Waals surface area contributed by atoms with Crippen LogP contribution in [0.5, 0.6) is 11.5 Å².